The number of carbonyl (C=O) groups excluding carboxylic acids is 2. The Bertz CT molecular complexity index is 909. The molecule has 2 aromatic rings. The minimum absolute atomic E-state index is 0.140. The van der Waals surface area contributed by atoms with Gasteiger partial charge >= 0.3 is 0 Å². The molecular formula is C17H17NO4S. The van der Waals surface area contributed by atoms with E-state index in [-0.39, 0.29) is 16.7 Å². The van der Waals surface area contributed by atoms with E-state index in [1.165, 1.54) is 17.0 Å². The van der Waals surface area contributed by atoms with Crippen molar-refractivity contribution < 1.29 is 18.0 Å². The highest BCUT2D eigenvalue weighted by Crippen LogP contribution is 2.33. The van der Waals surface area contributed by atoms with Crippen LogP contribution in [0.4, 0.5) is 0 Å². The van der Waals surface area contributed by atoms with E-state index in [1.54, 1.807) is 18.2 Å². The average Bonchev–Trinajstić information content (AvgIpc) is 2.51. The quantitative estimate of drug-likeness (QED) is 0.808. The number of hydrogen-bond acceptors (Lipinski definition) is 4. The van der Waals surface area contributed by atoms with Gasteiger partial charge in [-0.25, -0.2) is 8.42 Å². The molecule has 1 heterocycles. The molecule has 120 valence electrons. The first kappa shape index (κ1) is 15.7. The Hall–Kier alpha value is -2.21. The summed E-state index contributed by atoms with van der Waals surface area (Å²) in [6.07, 6.45) is 2.74. The van der Waals surface area contributed by atoms with E-state index < -0.39 is 9.84 Å². The van der Waals surface area contributed by atoms with E-state index in [9.17, 15) is 18.0 Å². The van der Waals surface area contributed by atoms with Crippen molar-refractivity contribution in [3.63, 3.8) is 0 Å². The lowest BCUT2D eigenvalue weighted by molar-refractivity contribution is 0.0608. The molecule has 0 unspecified atom stereocenters. The van der Waals surface area contributed by atoms with Gasteiger partial charge in [0.05, 0.1) is 4.90 Å². The lowest BCUT2D eigenvalue weighted by Gasteiger charge is -2.27. The summed E-state index contributed by atoms with van der Waals surface area (Å²) in [5.41, 5.74) is 0.775. The van der Waals surface area contributed by atoms with Crippen molar-refractivity contribution in [2.75, 3.05) is 12.8 Å². The smallest absolute Gasteiger partial charge is 0.261 e. The number of hydrogen-bond donors (Lipinski definition) is 0. The summed E-state index contributed by atoms with van der Waals surface area (Å²) in [4.78, 5) is 26.7. The molecule has 0 fully saturated rings. The number of unbranched alkanes of at least 4 members (excludes halogenated alkanes) is 1. The second kappa shape index (κ2) is 5.45. The minimum atomic E-state index is -3.45. The van der Waals surface area contributed by atoms with Gasteiger partial charge in [-0.05, 0) is 24.6 Å². The molecular weight excluding hydrogens is 314 g/mol. The maximum atomic E-state index is 12.6. The molecule has 23 heavy (non-hydrogen) atoms. The fourth-order valence-corrected chi connectivity index (χ4v) is 3.85. The standard InChI is InChI=1S/C17H17NO4S/c1-3-4-10-18-16(19)12-7-5-6-11-14(23(2,21)22)9-8-13(15(11)12)17(18)20/h5-9H,3-4,10H2,1-2H3. The van der Waals surface area contributed by atoms with Gasteiger partial charge in [0.2, 0.25) is 0 Å². The third-order valence-corrected chi connectivity index (χ3v) is 5.24. The molecule has 0 bridgehead atoms. The summed E-state index contributed by atoms with van der Waals surface area (Å²) in [5.74, 6) is -0.709. The first-order chi connectivity index (χ1) is 10.9. The molecule has 0 aromatic heterocycles. The second-order valence-corrected chi connectivity index (χ2v) is 7.71. The van der Waals surface area contributed by atoms with Gasteiger partial charge < -0.3 is 0 Å². The molecule has 0 N–H and O–H groups in total. The van der Waals surface area contributed by atoms with Crippen LogP contribution >= 0.6 is 0 Å². The molecule has 1 aliphatic rings. The Morgan fingerprint density at radius 3 is 2.26 bits per heavy atom. The highest BCUT2D eigenvalue weighted by molar-refractivity contribution is 7.91. The van der Waals surface area contributed by atoms with Gasteiger partial charge in [-0.1, -0.05) is 25.5 Å². The second-order valence-electron chi connectivity index (χ2n) is 5.73. The molecule has 1 aliphatic heterocycles. The van der Waals surface area contributed by atoms with E-state index in [2.05, 4.69) is 0 Å². The van der Waals surface area contributed by atoms with Gasteiger partial charge in [-0.15, -0.1) is 0 Å². The molecule has 6 heteroatoms. The van der Waals surface area contributed by atoms with Crippen molar-refractivity contribution in [3.05, 3.63) is 41.5 Å². The topological polar surface area (TPSA) is 71.5 Å². The highest BCUT2D eigenvalue weighted by Gasteiger charge is 2.33. The Morgan fingerprint density at radius 2 is 1.65 bits per heavy atom. The molecule has 0 radical (unpaired) electrons. The number of nitrogens with zero attached hydrogens (tertiary/aromatic N) is 1. The van der Waals surface area contributed by atoms with Crippen LogP contribution in [-0.4, -0.2) is 37.9 Å². The Balaban J connectivity index is 2.30. The van der Waals surface area contributed by atoms with Crippen molar-refractivity contribution in [3.8, 4) is 0 Å². The van der Waals surface area contributed by atoms with Crippen molar-refractivity contribution in [1.29, 1.82) is 0 Å². The lowest BCUT2D eigenvalue weighted by atomic mass is 9.94. The Morgan fingerprint density at radius 1 is 1.00 bits per heavy atom. The Labute approximate surface area is 134 Å². The number of carbonyl (C=O) groups is 2. The van der Waals surface area contributed by atoms with E-state index in [0.29, 0.717) is 28.4 Å². The van der Waals surface area contributed by atoms with Crippen molar-refractivity contribution in [2.24, 2.45) is 0 Å². The van der Waals surface area contributed by atoms with E-state index in [4.69, 9.17) is 0 Å². The summed E-state index contributed by atoms with van der Waals surface area (Å²) >= 11 is 0. The van der Waals surface area contributed by atoms with Crippen LogP contribution in [-0.2, 0) is 9.84 Å². The first-order valence-corrected chi connectivity index (χ1v) is 9.37. The molecule has 0 saturated heterocycles. The van der Waals surface area contributed by atoms with Crippen molar-refractivity contribution >= 4 is 32.4 Å². The maximum Gasteiger partial charge on any atom is 0.261 e. The molecule has 0 spiro atoms. The molecule has 0 saturated carbocycles. The van der Waals surface area contributed by atoms with Crippen LogP contribution in [0, 0.1) is 0 Å². The fourth-order valence-electron chi connectivity index (χ4n) is 2.96. The molecule has 2 aromatic carbocycles. The first-order valence-electron chi connectivity index (χ1n) is 7.48. The lowest BCUT2D eigenvalue weighted by Crippen LogP contribution is -2.40. The summed E-state index contributed by atoms with van der Waals surface area (Å²) in [5, 5.41) is 0.873. The summed E-state index contributed by atoms with van der Waals surface area (Å²) in [6, 6.07) is 7.90. The summed E-state index contributed by atoms with van der Waals surface area (Å²) in [7, 11) is -3.45. The summed E-state index contributed by atoms with van der Waals surface area (Å²) in [6.45, 7) is 2.36. The van der Waals surface area contributed by atoms with Crippen LogP contribution in [0.25, 0.3) is 10.8 Å². The zero-order valence-corrected chi connectivity index (χ0v) is 13.8. The van der Waals surface area contributed by atoms with Gasteiger partial charge in [0, 0.05) is 34.7 Å². The van der Waals surface area contributed by atoms with Gasteiger partial charge in [-0.3, -0.25) is 14.5 Å². The fraction of sp³-hybridized carbons (Fsp3) is 0.294. The number of amides is 2. The average molecular weight is 331 g/mol. The van der Waals surface area contributed by atoms with Crippen LogP contribution < -0.4 is 0 Å². The minimum Gasteiger partial charge on any atom is -0.274 e. The van der Waals surface area contributed by atoms with E-state index in [1.807, 2.05) is 6.92 Å². The summed E-state index contributed by atoms with van der Waals surface area (Å²) < 4.78 is 23.9. The van der Waals surface area contributed by atoms with Gasteiger partial charge in [0.15, 0.2) is 9.84 Å². The van der Waals surface area contributed by atoms with Crippen LogP contribution in [0.5, 0.6) is 0 Å². The predicted molar refractivity (Wildman–Crippen MR) is 87.3 cm³/mol. The number of sulfone groups is 1. The molecule has 3 rings (SSSR count). The third-order valence-electron chi connectivity index (χ3n) is 4.09. The van der Waals surface area contributed by atoms with Crippen molar-refractivity contribution in [1.82, 2.24) is 4.90 Å². The molecule has 2 amide bonds. The zero-order chi connectivity index (χ0) is 16.8. The zero-order valence-electron chi connectivity index (χ0n) is 13.0. The normalized spacial score (nSPS) is 14.6. The monoisotopic (exact) mass is 331 g/mol. The largest absolute Gasteiger partial charge is 0.274 e. The van der Waals surface area contributed by atoms with Crippen LogP contribution in [0.2, 0.25) is 0 Å². The molecule has 5 nitrogen and oxygen atoms in total. The van der Waals surface area contributed by atoms with Crippen LogP contribution in [0.15, 0.2) is 35.2 Å². The maximum absolute atomic E-state index is 12.6. The number of rotatable bonds is 4. The molecule has 0 atom stereocenters. The SMILES string of the molecule is CCCCN1C(=O)c2cccc3c(S(C)(=O)=O)ccc(c23)C1=O. The highest BCUT2D eigenvalue weighted by atomic mass is 32.2. The third kappa shape index (κ3) is 2.43. The van der Waals surface area contributed by atoms with Crippen molar-refractivity contribution in [2.45, 2.75) is 24.7 Å². The van der Waals surface area contributed by atoms with Gasteiger partial charge in [-0.2, -0.15) is 0 Å². The van der Waals surface area contributed by atoms with Gasteiger partial charge in [0.1, 0.15) is 0 Å². The van der Waals surface area contributed by atoms with Crippen LogP contribution in [0.3, 0.4) is 0 Å². The van der Waals surface area contributed by atoms with Gasteiger partial charge in [0.25, 0.3) is 11.8 Å². The predicted octanol–water partition coefficient (Wildman–Crippen LogP) is 2.64. The van der Waals surface area contributed by atoms with E-state index in [0.717, 1.165) is 19.1 Å². The van der Waals surface area contributed by atoms with E-state index >= 15 is 0 Å². The van der Waals surface area contributed by atoms with Crippen LogP contribution in [0.1, 0.15) is 40.5 Å². The number of imide groups is 1. The molecule has 0 aliphatic carbocycles. The number of benzene rings is 2. The Kier molecular flexibility index (Phi) is 3.72.